The molecule has 0 aromatic heterocycles. The Labute approximate surface area is 254 Å². The maximum absolute atomic E-state index is 13.9. The number of benzene rings is 2. The van der Waals surface area contributed by atoms with E-state index in [9.17, 15) is 31.5 Å². The lowest BCUT2D eigenvalue weighted by molar-refractivity contribution is -0.131. The summed E-state index contributed by atoms with van der Waals surface area (Å²) in [5, 5.41) is 8.98. The second-order valence-electron chi connectivity index (χ2n) is 12.6. The number of fused-ring (bicyclic) bond motifs is 4. The number of anilines is 1. The Hall–Kier alpha value is -2.50. The molecule has 2 heterocycles. The van der Waals surface area contributed by atoms with Gasteiger partial charge in [0.2, 0.25) is 10.0 Å². The number of carbonyl (C=O) groups excluding carboxylic acids is 1. The monoisotopic (exact) mass is 640 g/mol. The average Bonchev–Trinajstić information content (AvgIpc) is 3.06. The number of hydrogen-bond donors (Lipinski definition) is 2. The molecule has 6 rings (SSSR count). The van der Waals surface area contributed by atoms with Crippen LogP contribution in [0.3, 0.4) is 0 Å². The molecule has 1 saturated carbocycles. The predicted molar refractivity (Wildman–Crippen MR) is 157 cm³/mol. The third kappa shape index (κ3) is 5.96. The largest absolute Gasteiger partial charge is 0.490 e. The van der Waals surface area contributed by atoms with E-state index in [1.165, 1.54) is 17.7 Å². The van der Waals surface area contributed by atoms with Crippen molar-refractivity contribution in [1.82, 2.24) is 4.72 Å². The minimum absolute atomic E-state index is 0.0115. The quantitative estimate of drug-likeness (QED) is 0.380. The summed E-state index contributed by atoms with van der Waals surface area (Å²) in [7, 11) is -5.07. The highest BCUT2D eigenvalue weighted by molar-refractivity contribution is 7.90. The first-order chi connectivity index (χ1) is 20.4. The molecule has 1 spiro atoms. The van der Waals surface area contributed by atoms with Gasteiger partial charge in [0.15, 0.2) is 5.25 Å². The van der Waals surface area contributed by atoms with Crippen LogP contribution < -0.4 is 14.4 Å². The predicted octanol–water partition coefficient (Wildman–Crippen LogP) is 5.76. The molecule has 2 aliphatic heterocycles. The van der Waals surface area contributed by atoms with Gasteiger partial charge in [-0.2, -0.15) is 13.2 Å². The standard InChI is InChI=1S/C31H36ClF3N2O5S/c32-22-9-11-24-19(14-22)4-3-13-30(24)17-37-16-21-7-10-23(21)26(38)5-1-2-6-28(31(33,34)35)43(40,41)36-29(39)20-8-12-27(42-18-30)25(37)15-20/h8-9,11-12,14-15,21,23,26,28,38H,1-7,10,13,16-18H2,(H,36,39)/t21-,23+,26-,28+,30-/m0/s1. The Balaban J connectivity index is 1.41. The van der Waals surface area contributed by atoms with Gasteiger partial charge in [-0.25, -0.2) is 13.1 Å². The van der Waals surface area contributed by atoms with Crippen LogP contribution in [0.25, 0.3) is 0 Å². The number of alkyl halides is 3. The van der Waals surface area contributed by atoms with Gasteiger partial charge in [0.1, 0.15) is 5.75 Å². The Morgan fingerprint density at radius 2 is 1.84 bits per heavy atom. The molecule has 43 heavy (non-hydrogen) atoms. The van der Waals surface area contributed by atoms with Crippen molar-refractivity contribution < 1.29 is 36.2 Å². The van der Waals surface area contributed by atoms with Gasteiger partial charge in [-0.3, -0.25) is 4.79 Å². The van der Waals surface area contributed by atoms with Gasteiger partial charge in [0.25, 0.3) is 5.91 Å². The highest BCUT2D eigenvalue weighted by Crippen LogP contribution is 2.47. The van der Waals surface area contributed by atoms with Gasteiger partial charge in [0.05, 0.1) is 18.4 Å². The zero-order valence-corrected chi connectivity index (χ0v) is 25.3. The lowest BCUT2D eigenvalue weighted by Crippen LogP contribution is -2.49. The van der Waals surface area contributed by atoms with E-state index in [0.29, 0.717) is 42.6 Å². The average molecular weight is 641 g/mol. The molecule has 4 aliphatic rings. The number of aryl methyl sites for hydroxylation is 1. The molecule has 12 heteroatoms. The summed E-state index contributed by atoms with van der Waals surface area (Å²) in [5.41, 5.74) is 2.48. The third-order valence-corrected chi connectivity index (χ3v) is 11.9. The number of ether oxygens (including phenoxy) is 1. The number of aliphatic hydroxyl groups is 1. The fraction of sp³-hybridized carbons (Fsp3) is 0.581. The molecule has 2 bridgehead atoms. The Kier molecular flexibility index (Phi) is 8.13. The highest BCUT2D eigenvalue weighted by Gasteiger charge is 2.49. The summed E-state index contributed by atoms with van der Waals surface area (Å²) < 4.78 is 75.4. The van der Waals surface area contributed by atoms with E-state index in [4.69, 9.17) is 16.3 Å². The second-order valence-corrected chi connectivity index (χ2v) is 14.9. The molecule has 2 N–H and O–H groups in total. The number of nitrogens with zero attached hydrogens (tertiary/aromatic N) is 1. The van der Waals surface area contributed by atoms with Gasteiger partial charge in [-0.15, -0.1) is 0 Å². The summed E-state index contributed by atoms with van der Waals surface area (Å²) in [6.45, 7) is 1.55. The van der Waals surface area contributed by atoms with Crippen molar-refractivity contribution in [2.45, 2.75) is 80.7 Å². The first-order valence-corrected chi connectivity index (χ1v) is 16.9. The van der Waals surface area contributed by atoms with Crippen LogP contribution in [-0.2, 0) is 21.9 Å². The van der Waals surface area contributed by atoms with Crippen LogP contribution in [-0.4, -0.2) is 56.7 Å². The van der Waals surface area contributed by atoms with Crippen LogP contribution in [0.1, 0.15) is 72.9 Å². The van der Waals surface area contributed by atoms with Crippen molar-refractivity contribution in [2.75, 3.05) is 24.6 Å². The molecule has 0 saturated heterocycles. The van der Waals surface area contributed by atoms with E-state index < -0.39 is 39.9 Å². The number of sulfonamides is 1. The van der Waals surface area contributed by atoms with Crippen LogP contribution in [0.5, 0.6) is 5.75 Å². The Morgan fingerprint density at radius 3 is 2.58 bits per heavy atom. The van der Waals surface area contributed by atoms with E-state index in [1.807, 2.05) is 12.1 Å². The molecule has 2 aromatic carbocycles. The third-order valence-electron chi connectivity index (χ3n) is 9.92. The van der Waals surface area contributed by atoms with Gasteiger partial charge in [-0.05, 0) is 98.2 Å². The number of halogens is 4. The van der Waals surface area contributed by atoms with E-state index in [0.717, 1.165) is 37.7 Å². The second kappa shape index (κ2) is 11.5. The summed E-state index contributed by atoms with van der Waals surface area (Å²) >= 11 is 6.34. The van der Waals surface area contributed by atoms with Gasteiger partial charge in [0, 0.05) is 29.1 Å². The van der Waals surface area contributed by atoms with Crippen molar-refractivity contribution in [3.8, 4) is 5.75 Å². The van der Waals surface area contributed by atoms with Gasteiger partial charge >= 0.3 is 6.18 Å². The normalized spacial score (nSPS) is 31.1. The van der Waals surface area contributed by atoms with Gasteiger partial charge in [-0.1, -0.05) is 30.5 Å². The molecule has 0 unspecified atom stereocenters. The molecule has 7 nitrogen and oxygen atoms in total. The molecule has 1 amide bonds. The molecular weight excluding hydrogens is 605 g/mol. The molecule has 2 aliphatic carbocycles. The van der Waals surface area contributed by atoms with Crippen LogP contribution in [0.2, 0.25) is 5.02 Å². The maximum atomic E-state index is 13.9. The zero-order valence-electron chi connectivity index (χ0n) is 23.7. The Bertz CT molecular complexity index is 1500. The van der Waals surface area contributed by atoms with Crippen LogP contribution >= 0.6 is 11.6 Å². The first-order valence-electron chi connectivity index (χ1n) is 15.0. The lowest BCUT2D eigenvalue weighted by Gasteiger charge is -2.45. The number of rotatable bonds is 0. The SMILES string of the molecule is O=C1NS(=O)(=O)[C@@H](C(F)(F)F)CCCC[C@H](O)[C@@H]2CC[C@H]2CN2C[C@@]3(CCCc4cc(Cl)ccc43)COc3ccc1cc32. The number of amides is 1. The summed E-state index contributed by atoms with van der Waals surface area (Å²) in [6.07, 6.45) is -1.49. The highest BCUT2D eigenvalue weighted by atomic mass is 35.5. The summed E-state index contributed by atoms with van der Waals surface area (Å²) in [4.78, 5) is 15.3. The molecule has 234 valence electrons. The number of hydrogen-bond acceptors (Lipinski definition) is 6. The van der Waals surface area contributed by atoms with E-state index in [1.54, 1.807) is 10.8 Å². The van der Waals surface area contributed by atoms with Crippen molar-refractivity contribution >= 4 is 33.2 Å². The van der Waals surface area contributed by atoms with Crippen LogP contribution in [0, 0.1) is 11.8 Å². The van der Waals surface area contributed by atoms with Gasteiger partial charge < -0.3 is 14.7 Å². The van der Waals surface area contributed by atoms with E-state index >= 15 is 0 Å². The fourth-order valence-corrected chi connectivity index (χ4v) is 9.06. The minimum Gasteiger partial charge on any atom is -0.490 e. The molecular formula is C31H36ClF3N2O5S. The summed E-state index contributed by atoms with van der Waals surface area (Å²) in [5.74, 6) is -0.455. The number of carbonyl (C=O) groups is 1. The van der Waals surface area contributed by atoms with Crippen molar-refractivity contribution in [1.29, 1.82) is 0 Å². The van der Waals surface area contributed by atoms with Crippen LogP contribution in [0.15, 0.2) is 36.4 Å². The van der Waals surface area contributed by atoms with E-state index in [-0.39, 0.29) is 35.7 Å². The van der Waals surface area contributed by atoms with Crippen LogP contribution in [0.4, 0.5) is 18.9 Å². The number of nitrogens with one attached hydrogen (secondary N) is 1. The van der Waals surface area contributed by atoms with Crippen molar-refractivity contribution in [3.05, 3.63) is 58.1 Å². The number of aliphatic hydroxyl groups excluding tert-OH is 1. The molecule has 1 fully saturated rings. The lowest BCUT2D eigenvalue weighted by atomic mass is 9.68. The van der Waals surface area contributed by atoms with E-state index in [2.05, 4.69) is 11.0 Å². The molecule has 2 aromatic rings. The van der Waals surface area contributed by atoms with Crippen molar-refractivity contribution in [2.24, 2.45) is 11.8 Å². The first kappa shape index (κ1) is 30.5. The Morgan fingerprint density at radius 1 is 1.05 bits per heavy atom. The molecule has 5 atom stereocenters. The summed E-state index contributed by atoms with van der Waals surface area (Å²) in [6, 6.07) is 10.4. The minimum atomic E-state index is -5.07. The van der Waals surface area contributed by atoms with Crippen molar-refractivity contribution in [3.63, 3.8) is 0 Å². The fourth-order valence-electron chi connectivity index (χ4n) is 7.52. The molecule has 0 radical (unpaired) electrons. The maximum Gasteiger partial charge on any atom is 0.407 e. The topological polar surface area (TPSA) is 95.9 Å². The zero-order chi connectivity index (χ0) is 30.6. The smallest absolute Gasteiger partial charge is 0.407 e.